The maximum Gasteiger partial charge on any atom is 0.265 e. The van der Waals surface area contributed by atoms with Crippen molar-refractivity contribution in [1.29, 1.82) is 0 Å². The number of carbonyl (C=O) groups is 1. The van der Waals surface area contributed by atoms with Crippen LogP contribution in [0.2, 0.25) is 0 Å². The molecule has 21 heavy (non-hydrogen) atoms. The molecule has 2 rings (SSSR count). The molecule has 0 saturated carbocycles. The summed E-state index contributed by atoms with van der Waals surface area (Å²) in [7, 11) is 4.26. The monoisotopic (exact) mass is 292 g/mol. The van der Waals surface area contributed by atoms with Crippen LogP contribution in [0, 0.1) is 0 Å². The molecule has 1 heterocycles. The maximum atomic E-state index is 11.3. The minimum atomic E-state index is -0.298. The van der Waals surface area contributed by atoms with E-state index in [4.69, 9.17) is 10.6 Å². The Labute approximate surface area is 125 Å². The summed E-state index contributed by atoms with van der Waals surface area (Å²) < 4.78 is 5.71. The molecule has 1 unspecified atom stereocenters. The number of hydrogen-bond donors (Lipinski definition) is 2. The maximum absolute atomic E-state index is 11.3. The van der Waals surface area contributed by atoms with E-state index in [-0.39, 0.29) is 5.91 Å². The lowest BCUT2D eigenvalue weighted by Crippen LogP contribution is -2.33. The van der Waals surface area contributed by atoms with E-state index < -0.39 is 0 Å². The molecule has 3 N–H and O–H groups in total. The fourth-order valence-electron chi connectivity index (χ4n) is 2.52. The second kappa shape index (κ2) is 7.40. The molecular weight excluding hydrogens is 268 g/mol. The first-order chi connectivity index (χ1) is 10.1. The summed E-state index contributed by atoms with van der Waals surface area (Å²) in [5.41, 5.74) is 2.63. The van der Waals surface area contributed by atoms with Crippen LogP contribution in [0.1, 0.15) is 16.8 Å². The van der Waals surface area contributed by atoms with E-state index >= 15 is 0 Å². The SMILES string of the molecule is CN(C)C1CCN(CCOc2ccc(C(=O)NN)cc2)C1. The largest absolute Gasteiger partial charge is 0.492 e. The topological polar surface area (TPSA) is 70.8 Å². The predicted molar refractivity (Wildman–Crippen MR) is 82.1 cm³/mol. The molecule has 0 spiro atoms. The molecule has 6 nitrogen and oxygen atoms in total. The van der Waals surface area contributed by atoms with Gasteiger partial charge in [0.05, 0.1) is 0 Å². The Balaban J connectivity index is 1.73. The van der Waals surface area contributed by atoms with E-state index in [1.165, 1.54) is 6.42 Å². The molecule has 1 aliphatic heterocycles. The van der Waals surface area contributed by atoms with Crippen LogP contribution in [0.15, 0.2) is 24.3 Å². The normalized spacial score (nSPS) is 19.0. The van der Waals surface area contributed by atoms with Crippen molar-refractivity contribution in [2.45, 2.75) is 12.5 Å². The number of benzene rings is 1. The predicted octanol–water partition coefficient (Wildman–Crippen LogP) is 0.305. The number of ether oxygens (including phenoxy) is 1. The molecule has 6 heteroatoms. The summed E-state index contributed by atoms with van der Waals surface area (Å²) >= 11 is 0. The number of nitrogens with two attached hydrogens (primary N) is 1. The Morgan fingerprint density at radius 3 is 2.71 bits per heavy atom. The van der Waals surface area contributed by atoms with Gasteiger partial charge in [-0.2, -0.15) is 0 Å². The van der Waals surface area contributed by atoms with Gasteiger partial charge in [0, 0.05) is 24.7 Å². The highest BCUT2D eigenvalue weighted by molar-refractivity contribution is 5.93. The van der Waals surface area contributed by atoms with Crippen molar-refractivity contribution >= 4 is 5.91 Å². The average molecular weight is 292 g/mol. The summed E-state index contributed by atoms with van der Waals surface area (Å²) in [6.07, 6.45) is 1.22. The molecule has 0 bridgehead atoms. The first-order valence-corrected chi connectivity index (χ1v) is 7.22. The van der Waals surface area contributed by atoms with Crippen molar-refractivity contribution in [3.05, 3.63) is 29.8 Å². The Bertz CT molecular complexity index is 461. The number of likely N-dealkylation sites (N-methyl/N-ethyl adjacent to an activating group) is 1. The van der Waals surface area contributed by atoms with Gasteiger partial charge in [-0.1, -0.05) is 0 Å². The van der Waals surface area contributed by atoms with Crippen LogP contribution in [-0.2, 0) is 0 Å². The van der Waals surface area contributed by atoms with E-state index in [0.717, 1.165) is 25.4 Å². The van der Waals surface area contributed by atoms with Crippen LogP contribution in [0.25, 0.3) is 0 Å². The molecule has 1 aromatic carbocycles. The van der Waals surface area contributed by atoms with Crippen molar-refractivity contribution in [2.75, 3.05) is 40.3 Å². The lowest BCUT2D eigenvalue weighted by atomic mass is 10.2. The summed E-state index contributed by atoms with van der Waals surface area (Å²) in [6, 6.07) is 7.64. The van der Waals surface area contributed by atoms with Crippen molar-refractivity contribution in [2.24, 2.45) is 5.84 Å². The van der Waals surface area contributed by atoms with Crippen LogP contribution in [0.4, 0.5) is 0 Å². The quantitative estimate of drug-likeness (QED) is 0.448. The van der Waals surface area contributed by atoms with Gasteiger partial charge in [0.2, 0.25) is 0 Å². The molecule has 1 aliphatic rings. The van der Waals surface area contributed by atoms with Gasteiger partial charge in [-0.25, -0.2) is 5.84 Å². The zero-order valence-corrected chi connectivity index (χ0v) is 12.7. The standard InChI is InChI=1S/C15H24N4O2/c1-18(2)13-7-8-19(11-13)9-10-21-14-5-3-12(4-6-14)15(20)17-16/h3-6,13H,7-11,16H2,1-2H3,(H,17,20). The van der Waals surface area contributed by atoms with Crippen molar-refractivity contribution in [1.82, 2.24) is 15.2 Å². The third-order valence-corrected chi connectivity index (χ3v) is 3.90. The zero-order chi connectivity index (χ0) is 15.2. The molecule has 1 amide bonds. The van der Waals surface area contributed by atoms with E-state index in [0.29, 0.717) is 18.2 Å². The summed E-state index contributed by atoms with van der Waals surface area (Å²) in [4.78, 5) is 16.0. The van der Waals surface area contributed by atoms with E-state index in [1.807, 2.05) is 0 Å². The number of nitrogens with one attached hydrogen (secondary N) is 1. The number of likely N-dealkylation sites (tertiary alicyclic amines) is 1. The number of carbonyl (C=O) groups excluding carboxylic acids is 1. The number of hydrogen-bond acceptors (Lipinski definition) is 5. The van der Waals surface area contributed by atoms with Gasteiger partial charge < -0.3 is 9.64 Å². The summed E-state index contributed by atoms with van der Waals surface area (Å²) in [5.74, 6) is 5.56. The summed E-state index contributed by atoms with van der Waals surface area (Å²) in [5, 5.41) is 0. The van der Waals surface area contributed by atoms with Crippen molar-refractivity contribution in [3.63, 3.8) is 0 Å². The molecule has 0 aliphatic carbocycles. The molecule has 1 atom stereocenters. The number of amides is 1. The third-order valence-electron chi connectivity index (χ3n) is 3.90. The highest BCUT2D eigenvalue weighted by Gasteiger charge is 2.23. The molecule has 1 saturated heterocycles. The van der Waals surface area contributed by atoms with Crippen LogP contribution >= 0.6 is 0 Å². The van der Waals surface area contributed by atoms with E-state index in [2.05, 4.69) is 29.3 Å². The molecular formula is C15H24N4O2. The van der Waals surface area contributed by atoms with Gasteiger partial charge in [0.1, 0.15) is 12.4 Å². The smallest absolute Gasteiger partial charge is 0.265 e. The van der Waals surface area contributed by atoms with Gasteiger partial charge in [-0.15, -0.1) is 0 Å². The fourth-order valence-corrected chi connectivity index (χ4v) is 2.52. The lowest BCUT2D eigenvalue weighted by Gasteiger charge is -2.20. The van der Waals surface area contributed by atoms with Crippen molar-refractivity contribution in [3.8, 4) is 5.75 Å². The Hall–Kier alpha value is -1.63. The van der Waals surface area contributed by atoms with Gasteiger partial charge in [0.25, 0.3) is 5.91 Å². The van der Waals surface area contributed by atoms with Gasteiger partial charge in [-0.3, -0.25) is 15.1 Å². The highest BCUT2D eigenvalue weighted by Crippen LogP contribution is 2.14. The molecule has 116 valence electrons. The molecule has 1 fully saturated rings. The Morgan fingerprint density at radius 2 is 2.14 bits per heavy atom. The third kappa shape index (κ3) is 4.42. The van der Waals surface area contributed by atoms with Crippen LogP contribution in [-0.4, -0.2) is 62.1 Å². The first kappa shape index (κ1) is 15.8. The molecule has 0 aromatic heterocycles. The van der Waals surface area contributed by atoms with Gasteiger partial charge in [-0.05, 0) is 51.3 Å². The number of rotatable bonds is 6. The number of hydrazine groups is 1. The van der Waals surface area contributed by atoms with Crippen LogP contribution in [0.3, 0.4) is 0 Å². The van der Waals surface area contributed by atoms with Crippen LogP contribution in [0.5, 0.6) is 5.75 Å². The zero-order valence-electron chi connectivity index (χ0n) is 12.7. The lowest BCUT2D eigenvalue weighted by molar-refractivity contribution is 0.0953. The van der Waals surface area contributed by atoms with Gasteiger partial charge in [0.15, 0.2) is 0 Å². The fraction of sp³-hybridized carbons (Fsp3) is 0.533. The Morgan fingerprint density at radius 1 is 1.43 bits per heavy atom. The second-order valence-corrected chi connectivity index (χ2v) is 5.55. The highest BCUT2D eigenvalue weighted by atomic mass is 16.5. The first-order valence-electron chi connectivity index (χ1n) is 7.22. The second-order valence-electron chi connectivity index (χ2n) is 5.55. The average Bonchev–Trinajstić information content (AvgIpc) is 2.96. The number of nitrogens with zero attached hydrogens (tertiary/aromatic N) is 2. The number of nitrogen functional groups attached to an aromatic ring is 1. The van der Waals surface area contributed by atoms with Crippen molar-refractivity contribution < 1.29 is 9.53 Å². The molecule has 0 radical (unpaired) electrons. The molecule has 1 aromatic rings. The summed E-state index contributed by atoms with van der Waals surface area (Å²) in [6.45, 7) is 3.81. The van der Waals surface area contributed by atoms with E-state index in [1.54, 1.807) is 24.3 Å². The Kier molecular flexibility index (Phi) is 5.55. The van der Waals surface area contributed by atoms with E-state index in [9.17, 15) is 4.79 Å². The minimum Gasteiger partial charge on any atom is -0.492 e. The van der Waals surface area contributed by atoms with Crippen LogP contribution < -0.4 is 16.0 Å². The minimum absolute atomic E-state index is 0.298. The van der Waals surface area contributed by atoms with Gasteiger partial charge >= 0.3 is 0 Å².